The van der Waals surface area contributed by atoms with E-state index in [2.05, 4.69) is 20.9 Å². The second-order valence-electron chi connectivity index (χ2n) is 8.55. The van der Waals surface area contributed by atoms with Crippen molar-refractivity contribution in [1.29, 1.82) is 0 Å². The molecule has 0 radical (unpaired) electrons. The van der Waals surface area contributed by atoms with Crippen LogP contribution in [-0.4, -0.2) is 53.5 Å². The predicted octanol–water partition coefficient (Wildman–Crippen LogP) is 2.58. The maximum Gasteiger partial charge on any atom is 0.315 e. The topological polar surface area (TPSA) is 97.4 Å². The molecule has 0 bridgehead atoms. The lowest BCUT2D eigenvalue weighted by Crippen LogP contribution is -2.48. The zero-order valence-electron chi connectivity index (χ0n) is 17.5. The molecule has 1 aliphatic carbocycles. The van der Waals surface area contributed by atoms with E-state index in [1.54, 1.807) is 0 Å². The van der Waals surface area contributed by atoms with Crippen LogP contribution in [-0.2, 0) is 16.0 Å². The van der Waals surface area contributed by atoms with Crippen LogP contribution in [0.1, 0.15) is 42.9 Å². The van der Waals surface area contributed by atoms with Crippen LogP contribution in [0.5, 0.6) is 0 Å². The van der Waals surface area contributed by atoms with Crippen molar-refractivity contribution in [3.05, 3.63) is 53.9 Å². The van der Waals surface area contributed by atoms with Gasteiger partial charge in [-0.25, -0.2) is 14.8 Å². The van der Waals surface area contributed by atoms with Crippen LogP contribution in [0.2, 0.25) is 0 Å². The molecule has 3 N–H and O–H groups in total. The Morgan fingerprint density at radius 1 is 1.00 bits per heavy atom. The number of anilines is 1. The van der Waals surface area contributed by atoms with Gasteiger partial charge in [-0.2, -0.15) is 0 Å². The molecule has 0 unspecified atom stereocenters. The number of ether oxygens (including phenoxy) is 2. The molecule has 8 heteroatoms. The number of nitrogens with zero attached hydrogens (tertiary/aromatic N) is 2. The van der Waals surface area contributed by atoms with Crippen molar-refractivity contribution in [2.45, 2.75) is 62.4 Å². The van der Waals surface area contributed by atoms with E-state index in [1.165, 1.54) is 25.7 Å². The molecular weight excluding hydrogens is 394 g/mol. The van der Waals surface area contributed by atoms with Gasteiger partial charge in [0.15, 0.2) is 0 Å². The van der Waals surface area contributed by atoms with Crippen LogP contribution in [0.4, 0.5) is 10.7 Å². The minimum absolute atomic E-state index is 0.0389. The van der Waals surface area contributed by atoms with Gasteiger partial charge in [-0.3, -0.25) is 0 Å². The summed E-state index contributed by atoms with van der Waals surface area (Å²) in [6, 6.07) is 11.4. The number of amides is 2. The average molecular weight is 424 g/mol. The number of carbonyl (C=O) groups is 1. The summed E-state index contributed by atoms with van der Waals surface area (Å²) in [5, 5.41) is 9.28. The van der Waals surface area contributed by atoms with Crippen molar-refractivity contribution in [1.82, 2.24) is 20.6 Å². The lowest BCUT2D eigenvalue weighted by atomic mass is 10.0. The molecule has 1 aromatic carbocycles. The summed E-state index contributed by atoms with van der Waals surface area (Å²) in [7, 11) is 0. The Balaban J connectivity index is 1.14. The molecule has 3 heterocycles. The number of urea groups is 1. The number of benzene rings is 1. The van der Waals surface area contributed by atoms with Crippen molar-refractivity contribution < 1.29 is 14.3 Å². The third-order valence-electron chi connectivity index (χ3n) is 6.43. The zero-order chi connectivity index (χ0) is 21.0. The monoisotopic (exact) mass is 423 g/mol. The van der Waals surface area contributed by atoms with Gasteiger partial charge in [-0.1, -0.05) is 43.2 Å². The first-order valence-corrected chi connectivity index (χ1v) is 11.2. The van der Waals surface area contributed by atoms with Crippen LogP contribution in [0, 0.1) is 0 Å². The Bertz CT molecular complexity index is 890. The van der Waals surface area contributed by atoms with E-state index in [-0.39, 0.29) is 30.3 Å². The molecule has 4 atom stereocenters. The number of aromatic nitrogens is 2. The molecule has 5 rings (SSSR count). The van der Waals surface area contributed by atoms with Crippen molar-refractivity contribution in [2.24, 2.45) is 0 Å². The van der Waals surface area contributed by atoms with Crippen LogP contribution >= 0.6 is 0 Å². The Labute approximate surface area is 182 Å². The first-order chi connectivity index (χ1) is 15.3. The van der Waals surface area contributed by atoms with E-state index >= 15 is 0 Å². The fourth-order valence-corrected chi connectivity index (χ4v) is 4.80. The zero-order valence-corrected chi connectivity index (χ0v) is 17.5. The summed E-state index contributed by atoms with van der Waals surface area (Å²) in [5.41, 5.74) is 2.17. The van der Waals surface area contributed by atoms with Crippen LogP contribution in [0.3, 0.4) is 0 Å². The minimum atomic E-state index is -0.217. The van der Waals surface area contributed by atoms with E-state index in [4.69, 9.17) is 14.5 Å². The first kappa shape index (κ1) is 20.2. The highest BCUT2D eigenvalue weighted by atomic mass is 16.6. The highest BCUT2D eigenvalue weighted by Crippen LogP contribution is 2.33. The number of carbonyl (C=O) groups excluding carboxylic acids is 1. The van der Waals surface area contributed by atoms with E-state index in [0.717, 1.165) is 11.3 Å². The van der Waals surface area contributed by atoms with Crippen molar-refractivity contribution in [3.63, 3.8) is 0 Å². The maximum absolute atomic E-state index is 12.3. The maximum atomic E-state index is 12.3. The second-order valence-corrected chi connectivity index (χ2v) is 8.55. The van der Waals surface area contributed by atoms with Gasteiger partial charge in [0.1, 0.15) is 12.2 Å². The molecule has 0 spiro atoms. The quantitative estimate of drug-likeness (QED) is 0.661. The largest absolute Gasteiger partial charge is 0.371 e. The standard InChI is InChI=1S/C23H29N5O3/c29-23(25-12-15-6-2-1-3-7-15)28-19-14-31-20-18(13-30-21(19)20)27-22-24-11-10-17(26-22)16-8-4-5-9-16/h1-3,6-7,10-11,16,18-21H,4-5,8-9,12-14H2,(H,24,26,27)(H2,25,28,29)/t18-,19-,20+,21+/m0/s1. The molecule has 2 aliphatic heterocycles. The van der Waals surface area contributed by atoms with Crippen LogP contribution < -0.4 is 16.0 Å². The summed E-state index contributed by atoms with van der Waals surface area (Å²) >= 11 is 0. The SMILES string of the molecule is O=C(NCc1ccccc1)N[C@H]1CO[C@H]2[C@@H]1OC[C@@H]2Nc1nccc(C2CCCC2)n1. The average Bonchev–Trinajstić information content (AvgIpc) is 3.54. The summed E-state index contributed by atoms with van der Waals surface area (Å²) in [6.07, 6.45) is 6.47. The molecule has 2 saturated heterocycles. The predicted molar refractivity (Wildman–Crippen MR) is 116 cm³/mol. The normalized spacial score (nSPS) is 27.7. The van der Waals surface area contributed by atoms with E-state index in [0.29, 0.717) is 31.6 Å². The Morgan fingerprint density at radius 2 is 1.74 bits per heavy atom. The summed E-state index contributed by atoms with van der Waals surface area (Å²) in [5.74, 6) is 1.17. The van der Waals surface area contributed by atoms with Crippen LogP contribution in [0.25, 0.3) is 0 Å². The van der Waals surface area contributed by atoms with Gasteiger partial charge in [-0.05, 0) is 24.5 Å². The number of nitrogens with one attached hydrogen (secondary N) is 3. The lowest BCUT2D eigenvalue weighted by molar-refractivity contribution is 0.0682. The van der Waals surface area contributed by atoms with Gasteiger partial charge in [0.2, 0.25) is 5.95 Å². The number of rotatable bonds is 6. The molecule has 1 saturated carbocycles. The highest BCUT2D eigenvalue weighted by Gasteiger charge is 2.48. The lowest BCUT2D eigenvalue weighted by Gasteiger charge is -2.19. The van der Waals surface area contributed by atoms with Crippen molar-refractivity contribution >= 4 is 12.0 Å². The molecule has 2 aromatic rings. The highest BCUT2D eigenvalue weighted by molar-refractivity contribution is 5.74. The number of fused-ring (bicyclic) bond motifs is 1. The third kappa shape index (κ3) is 4.65. The summed E-state index contributed by atoms with van der Waals surface area (Å²) in [4.78, 5) is 21.5. The van der Waals surface area contributed by atoms with E-state index in [1.807, 2.05) is 42.6 Å². The molecule has 8 nitrogen and oxygen atoms in total. The van der Waals surface area contributed by atoms with E-state index < -0.39 is 0 Å². The van der Waals surface area contributed by atoms with Gasteiger partial charge in [-0.15, -0.1) is 0 Å². The first-order valence-electron chi connectivity index (χ1n) is 11.2. The summed E-state index contributed by atoms with van der Waals surface area (Å²) < 4.78 is 12.0. The Kier molecular flexibility index (Phi) is 5.99. The third-order valence-corrected chi connectivity index (χ3v) is 6.43. The number of hydrogen-bond donors (Lipinski definition) is 3. The molecule has 2 amide bonds. The van der Waals surface area contributed by atoms with E-state index in [9.17, 15) is 4.79 Å². The second kappa shape index (κ2) is 9.20. The summed E-state index contributed by atoms with van der Waals surface area (Å²) in [6.45, 7) is 1.40. The molecule has 164 valence electrons. The van der Waals surface area contributed by atoms with Gasteiger partial charge in [0.25, 0.3) is 0 Å². The smallest absolute Gasteiger partial charge is 0.315 e. The number of hydrogen-bond acceptors (Lipinski definition) is 6. The van der Waals surface area contributed by atoms with Crippen molar-refractivity contribution in [2.75, 3.05) is 18.5 Å². The Hall–Kier alpha value is -2.71. The molecule has 3 fully saturated rings. The Morgan fingerprint density at radius 3 is 2.55 bits per heavy atom. The van der Waals surface area contributed by atoms with Gasteiger partial charge in [0, 0.05) is 24.4 Å². The van der Waals surface area contributed by atoms with Crippen molar-refractivity contribution in [3.8, 4) is 0 Å². The van der Waals surface area contributed by atoms with Crippen LogP contribution in [0.15, 0.2) is 42.6 Å². The minimum Gasteiger partial charge on any atom is -0.371 e. The fraction of sp³-hybridized carbons (Fsp3) is 0.522. The fourth-order valence-electron chi connectivity index (χ4n) is 4.80. The van der Waals surface area contributed by atoms with Gasteiger partial charge in [0.05, 0.1) is 25.3 Å². The van der Waals surface area contributed by atoms with Gasteiger partial charge < -0.3 is 25.4 Å². The molecule has 3 aliphatic rings. The molecule has 1 aromatic heterocycles. The molecule has 31 heavy (non-hydrogen) atoms. The van der Waals surface area contributed by atoms with Gasteiger partial charge >= 0.3 is 6.03 Å². The molecular formula is C23H29N5O3.